The maximum absolute atomic E-state index is 12.5. The molecule has 0 heterocycles. The molecular formula is C59H114N4O6. The van der Waals surface area contributed by atoms with Crippen LogP contribution in [0.25, 0.3) is 0 Å². The monoisotopic (exact) mass is 975 g/mol. The van der Waals surface area contributed by atoms with Gasteiger partial charge in [0.15, 0.2) is 0 Å². The average Bonchev–Trinajstić information content (AvgIpc) is 3.34. The maximum atomic E-state index is 12.5. The fourth-order valence-electron chi connectivity index (χ4n) is 9.15. The molecule has 0 saturated carbocycles. The van der Waals surface area contributed by atoms with E-state index in [1.807, 2.05) is 6.21 Å². The molecule has 10 heteroatoms. The minimum atomic E-state index is -0.0155. The van der Waals surface area contributed by atoms with Crippen LogP contribution in [0.1, 0.15) is 279 Å². The first-order valence-electron chi connectivity index (χ1n) is 29.7. The van der Waals surface area contributed by atoms with Gasteiger partial charge in [-0.25, -0.2) is 0 Å². The summed E-state index contributed by atoms with van der Waals surface area (Å²) in [5, 5.41) is 0. The van der Waals surface area contributed by atoms with Crippen molar-refractivity contribution in [3.63, 3.8) is 0 Å². The molecule has 0 fully saturated rings. The number of nitrogens with two attached hydrogens (primary N) is 1. The Balaban J connectivity index is 4.93. The highest BCUT2D eigenvalue weighted by Gasteiger charge is 2.15. The van der Waals surface area contributed by atoms with Gasteiger partial charge in [0.2, 0.25) is 0 Å². The molecule has 0 aliphatic heterocycles. The number of ether oxygens (including phenoxy) is 3. The highest BCUT2D eigenvalue weighted by Crippen LogP contribution is 2.17. The van der Waals surface area contributed by atoms with E-state index >= 15 is 0 Å². The van der Waals surface area contributed by atoms with Crippen LogP contribution in [0.3, 0.4) is 0 Å². The lowest BCUT2D eigenvalue weighted by atomic mass is 10.1. The number of unbranched alkanes of at least 4 members (excludes halogenated alkanes) is 21. The first-order chi connectivity index (χ1) is 33.8. The topological polar surface area (TPSA) is 124 Å². The number of rotatable bonds is 53. The summed E-state index contributed by atoms with van der Waals surface area (Å²) in [6.07, 6.45) is 45.1. The number of allylic oxidation sites excluding steroid dienone is 1. The van der Waals surface area contributed by atoms with Crippen molar-refractivity contribution in [3.05, 3.63) is 12.3 Å². The number of carbonyl (C=O) groups is 3. The van der Waals surface area contributed by atoms with Gasteiger partial charge in [-0.3, -0.25) is 19.4 Å². The van der Waals surface area contributed by atoms with Crippen molar-refractivity contribution in [1.82, 2.24) is 9.80 Å². The van der Waals surface area contributed by atoms with Crippen LogP contribution in [0.15, 0.2) is 17.3 Å². The molecule has 0 aliphatic carbocycles. The van der Waals surface area contributed by atoms with Crippen LogP contribution in [0.5, 0.6) is 0 Å². The Morgan fingerprint density at radius 3 is 1.03 bits per heavy atom. The first-order valence-corrected chi connectivity index (χ1v) is 29.7. The van der Waals surface area contributed by atoms with Gasteiger partial charge < -0.3 is 29.7 Å². The van der Waals surface area contributed by atoms with Crippen LogP contribution in [-0.4, -0.2) is 98.0 Å². The van der Waals surface area contributed by atoms with Gasteiger partial charge >= 0.3 is 17.9 Å². The number of esters is 3. The van der Waals surface area contributed by atoms with E-state index in [1.54, 1.807) is 6.08 Å². The Hall–Kier alpha value is -2.46. The SMILES string of the molecule is CCCCCC(CC)OC(=O)CCCCCCCCN(CCCCCCCCC(=O)OC(CC)CCCCC)CCCN(CCCCCCCCC(=O)OC(CC)CCCCC)CCN=C/C=C\N. The smallest absolute Gasteiger partial charge is 0.306 e. The van der Waals surface area contributed by atoms with E-state index in [0.717, 1.165) is 149 Å². The van der Waals surface area contributed by atoms with Crippen LogP contribution in [0.2, 0.25) is 0 Å². The number of aliphatic imine (C=N–C) groups is 1. The summed E-state index contributed by atoms with van der Waals surface area (Å²) in [6.45, 7) is 20.3. The second-order valence-corrected chi connectivity index (χ2v) is 20.1. The van der Waals surface area contributed by atoms with Crippen LogP contribution in [-0.2, 0) is 28.6 Å². The third-order valence-electron chi connectivity index (χ3n) is 13.8. The molecule has 2 N–H and O–H groups in total. The molecule has 0 bridgehead atoms. The molecule has 0 saturated heterocycles. The second-order valence-electron chi connectivity index (χ2n) is 20.1. The minimum absolute atomic E-state index is 0.0112. The van der Waals surface area contributed by atoms with Crippen LogP contribution >= 0.6 is 0 Å². The Morgan fingerprint density at radius 2 is 0.710 bits per heavy atom. The van der Waals surface area contributed by atoms with Gasteiger partial charge in [0.1, 0.15) is 18.3 Å². The number of carbonyl (C=O) groups excluding carboxylic acids is 3. The lowest BCUT2D eigenvalue weighted by Crippen LogP contribution is -2.33. The fourth-order valence-corrected chi connectivity index (χ4v) is 9.15. The van der Waals surface area contributed by atoms with Crippen LogP contribution < -0.4 is 5.73 Å². The zero-order valence-corrected chi connectivity index (χ0v) is 46.4. The molecule has 0 rings (SSSR count). The van der Waals surface area contributed by atoms with E-state index in [0.29, 0.717) is 19.3 Å². The lowest BCUT2D eigenvalue weighted by molar-refractivity contribution is -0.150. The van der Waals surface area contributed by atoms with Crippen molar-refractivity contribution in [2.45, 2.75) is 297 Å². The van der Waals surface area contributed by atoms with Gasteiger partial charge in [-0.15, -0.1) is 0 Å². The molecule has 0 aromatic heterocycles. The van der Waals surface area contributed by atoms with Crippen molar-refractivity contribution in [2.75, 3.05) is 45.8 Å². The van der Waals surface area contributed by atoms with Gasteiger partial charge in [0, 0.05) is 32.0 Å². The maximum Gasteiger partial charge on any atom is 0.306 e. The molecule has 0 aliphatic rings. The minimum Gasteiger partial charge on any atom is -0.462 e. The van der Waals surface area contributed by atoms with Gasteiger partial charge in [-0.2, -0.15) is 0 Å². The Kier molecular flexibility index (Phi) is 50.0. The van der Waals surface area contributed by atoms with Crippen LogP contribution in [0, 0.1) is 0 Å². The van der Waals surface area contributed by atoms with E-state index in [-0.39, 0.29) is 36.2 Å². The molecular weight excluding hydrogens is 861 g/mol. The normalized spacial score (nSPS) is 13.2. The lowest BCUT2D eigenvalue weighted by Gasteiger charge is -2.26. The van der Waals surface area contributed by atoms with Crippen molar-refractivity contribution >= 4 is 24.1 Å². The highest BCUT2D eigenvalue weighted by atomic mass is 16.6. The van der Waals surface area contributed by atoms with E-state index in [9.17, 15) is 14.4 Å². The quantitative estimate of drug-likeness (QED) is 0.0275. The molecule has 0 aromatic rings. The molecule has 3 atom stereocenters. The first kappa shape index (κ1) is 66.5. The summed E-state index contributed by atoms with van der Waals surface area (Å²) in [6, 6.07) is 0. The van der Waals surface area contributed by atoms with Crippen molar-refractivity contribution in [3.8, 4) is 0 Å². The number of nitrogens with zero attached hydrogens (tertiary/aromatic N) is 3. The molecule has 406 valence electrons. The second kappa shape index (κ2) is 51.9. The predicted octanol–water partition coefficient (Wildman–Crippen LogP) is 15.4. The van der Waals surface area contributed by atoms with Crippen molar-refractivity contribution < 1.29 is 28.6 Å². The van der Waals surface area contributed by atoms with E-state index in [1.165, 1.54) is 122 Å². The Morgan fingerprint density at radius 1 is 0.406 bits per heavy atom. The van der Waals surface area contributed by atoms with Gasteiger partial charge in [0.25, 0.3) is 0 Å². The summed E-state index contributed by atoms with van der Waals surface area (Å²) in [4.78, 5) is 47.2. The standard InChI is InChI=1S/C59H114N4O6/c1-7-13-28-39-54(10-4)67-57(64)42-31-22-16-19-25-34-48-62(49-35-26-20-17-23-32-43-58(65)68-55(11-5)40-29-14-8-2)51-38-52-63(53-47-61-46-37-45-60)50-36-27-21-18-24-33-44-59(66)69-56(12-6)41-30-15-9-3/h37,45-46,54-56H,7-36,38-44,47-53,60H2,1-6H3/b45-37-,61-46?. The van der Waals surface area contributed by atoms with E-state index in [2.05, 4.69) is 56.3 Å². The van der Waals surface area contributed by atoms with Gasteiger partial charge in [0.05, 0.1) is 6.54 Å². The molecule has 0 aromatic carbocycles. The summed E-state index contributed by atoms with van der Waals surface area (Å²) >= 11 is 0. The predicted molar refractivity (Wildman–Crippen MR) is 294 cm³/mol. The van der Waals surface area contributed by atoms with Gasteiger partial charge in [-0.1, -0.05) is 157 Å². The molecule has 0 radical (unpaired) electrons. The van der Waals surface area contributed by atoms with Gasteiger partial charge in [-0.05, 0) is 148 Å². The van der Waals surface area contributed by atoms with Crippen LogP contribution in [0.4, 0.5) is 0 Å². The summed E-state index contributed by atoms with van der Waals surface area (Å²) < 4.78 is 17.3. The van der Waals surface area contributed by atoms with Crippen molar-refractivity contribution in [2.24, 2.45) is 10.7 Å². The fraction of sp³-hybridized carbons (Fsp3) is 0.898. The molecule has 0 spiro atoms. The number of hydrogen-bond acceptors (Lipinski definition) is 10. The summed E-state index contributed by atoms with van der Waals surface area (Å²) in [7, 11) is 0. The van der Waals surface area contributed by atoms with E-state index < -0.39 is 0 Å². The summed E-state index contributed by atoms with van der Waals surface area (Å²) in [5.74, 6) is -0.0379. The third kappa shape index (κ3) is 45.2. The highest BCUT2D eigenvalue weighted by molar-refractivity contribution is 5.71. The molecule has 3 unspecified atom stereocenters. The largest absolute Gasteiger partial charge is 0.462 e. The van der Waals surface area contributed by atoms with E-state index in [4.69, 9.17) is 19.9 Å². The zero-order chi connectivity index (χ0) is 50.7. The third-order valence-corrected chi connectivity index (χ3v) is 13.8. The Bertz CT molecular complexity index is 1150. The van der Waals surface area contributed by atoms with Crippen molar-refractivity contribution in [1.29, 1.82) is 0 Å². The average molecular weight is 976 g/mol. The molecule has 0 amide bonds. The summed E-state index contributed by atoms with van der Waals surface area (Å²) in [5.41, 5.74) is 5.53. The number of hydrogen-bond donors (Lipinski definition) is 1. The Labute approximate surface area is 427 Å². The molecule has 69 heavy (non-hydrogen) atoms. The zero-order valence-electron chi connectivity index (χ0n) is 46.4. The molecule has 10 nitrogen and oxygen atoms in total.